The Hall–Kier alpha value is -2.08. The quantitative estimate of drug-likeness (QED) is 0.754. The summed E-state index contributed by atoms with van der Waals surface area (Å²) in [6.07, 6.45) is 1.31. The van der Waals surface area contributed by atoms with Gasteiger partial charge in [-0.1, -0.05) is 18.2 Å². The van der Waals surface area contributed by atoms with Crippen LogP contribution < -0.4 is 15.5 Å². The van der Waals surface area contributed by atoms with Crippen molar-refractivity contribution in [3.8, 4) is 0 Å². The fourth-order valence-electron chi connectivity index (χ4n) is 2.49. The number of benzene rings is 1. The highest BCUT2D eigenvalue weighted by molar-refractivity contribution is 5.96. The number of hydrogen-bond donors (Lipinski definition) is 2. The first-order chi connectivity index (χ1) is 11.1. The van der Waals surface area contributed by atoms with Gasteiger partial charge in [0.1, 0.15) is 0 Å². The van der Waals surface area contributed by atoms with Crippen molar-refractivity contribution in [1.82, 2.24) is 10.6 Å². The van der Waals surface area contributed by atoms with E-state index in [1.54, 1.807) is 4.90 Å². The zero-order chi connectivity index (χ0) is 16.7. The molecule has 2 rings (SSSR count). The molecule has 126 valence electrons. The lowest BCUT2D eigenvalue weighted by atomic mass is 10.2. The maximum atomic E-state index is 12.1. The third-order valence-electron chi connectivity index (χ3n) is 3.59. The van der Waals surface area contributed by atoms with Crippen LogP contribution in [-0.4, -0.2) is 43.8 Å². The van der Waals surface area contributed by atoms with Crippen molar-refractivity contribution < 1.29 is 14.3 Å². The number of amides is 3. The van der Waals surface area contributed by atoms with Crippen LogP contribution in [0.2, 0.25) is 0 Å². The highest BCUT2D eigenvalue weighted by atomic mass is 16.5. The average Bonchev–Trinajstić information content (AvgIpc) is 2.88. The Kier molecular flexibility index (Phi) is 6.40. The molecule has 23 heavy (non-hydrogen) atoms. The summed E-state index contributed by atoms with van der Waals surface area (Å²) in [5.74, 6) is 0.0341. The topological polar surface area (TPSA) is 70.7 Å². The number of anilines is 1. The first-order valence-electron chi connectivity index (χ1n) is 8.07. The van der Waals surface area contributed by atoms with Crippen LogP contribution in [0.4, 0.5) is 10.5 Å². The number of rotatable bonds is 7. The first-order valence-corrected chi connectivity index (χ1v) is 8.07. The Bertz CT molecular complexity index is 519. The predicted octanol–water partition coefficient (Wildman–Crippen LogP) is 1.91. The van der Waals surface area contributed by atoms with Crippen molar-refractivity contribution in [3.05, 3.63) is 30.3 Å². The molecule has 1 aromatic rings. The Morgan fingerprint density at radius 1 is 1.35 bits per heavy atom. The molecule has 1 atom stereocenters. The number of carbonyl (C=O) groups excluding carboxylic acids is 2. The summed E-state index contributed by atoms with van der Waals surface area (Å²) in [4.78, 5) is 25.6. The Labute approximate surface area is 137 Å². The third-order valence-corrected chi connectivity index (χ3v) is 3.59. The Morgan fingerprint density at radius 3 is 2.78 bits per heavy atom. The molecule has 0 unspecified atom stereocenters. The van der Waals surface area contributed by atoms with Gasteiger partial charge in [-0.25, -0.2) is 4.79 Å². The van der Waals surface area contributed by atoms with Crippen molar-refractivity contribution in [2.24, 2.45) is 0 Å². The van der Waals surface area contributed by atoms with Crippen molar-refractivity contribution >= 4 is 17.6 Å². The van der Waals surface area contributed by atoms with Crippen molar-refractivity contribution in [3.63, 3.8) is 0 Å². The number of para-hydroxylation sites is 1. The van der Waals surface area contributed by atoms with E-state index in [4.69, 9.17) is 4.74 Å². The minimum absolute atomic E-state index is 0.0341. The molecule has 0 radical (unpaired) electrons. The van der Waals surface area contributed by atoms with Crippen LogP contribution in [0.3, 0.4) is 0 Å². The van der Waals surface area contributed by atoms with Gasteiger partial charge in [-0.05, 0) is 32.4 Å². The van der Waals surface area contributed by atoms with Crippen LogP contribution in [0.5, 0.6) is 0 Å². The smallest absolute Gasteiger partial charge is 0.315 e. The van der Waals surface area contributed by atoms with Gasteiger partial charge in [0.05, 0.1) is 12.1 Å². The number of urea groups is 1. The molecule has 1 fully saturated rings. The second kappa shape index (κ2) is 8.53. The van der Waals surface area contributed by atoms with E-state index < -0.39 is 0 Å². The molecule has 1 saturated heterocycles. The van der Waals surface area contributed by atoms with Gasteiger partial charge in [-0.3, -0.25) is 4.79 Å². The van der Waals surface area contributed by atoms with Gasteiger partial charge in [-0.15, -0.1) is 0 Å². The predicted molar refractivity (Wildman–Crippen MR) is 89.4 cm³/mol. The van der Waals surface area contributed by atoms with E-state index in [1.807, 2.05) is 44.2 Å². The van der Waals surface area contributed by atoms with Crippen LogP contribution >= 0.6 is 0 Å². The van der Waals surface area contributed by atoms with Gasteiger partial charge in [0.2, 0.25) is 5.91 Å². The molecule has 1 heterocycles. The standard InChI is InChI=1S/C17H25N3O3/c1-13(2)23-10-6-9-18-17(22)19-14-11-16(21)20(12-14)15-7-4-3-5-8-15/h3-5,7-8,13-14H,6,9-12H2,1-2H3,(H2,18,19,22)/t14-/m1/s1. The molecule has 1 aliphatic rings. The maximum absolute atomic E-state index is 12.1. The highest BCUT2D eigenvalue weighted by Gasteiger charge is 2.31. The van der Waals surface area contributed by atoms with Gasteiger partial charge in [-0.2, -0.15) is 0 Å². The molecule has 6 nitrogen and oxygen atoms in total. The zero-order valence-electron chi connectivity index (χ0n) is 13.7. The molecule has 0 saturated carbocycles. The van der Waals surface area contributed by atoms with Gasteiger partial charge in [0, 0.05) is 31.8 Å². The average molecular weight is 319 g/mol. The Balaban J connectivity index is 1.70. The summed E-state index contributed by atoms with van der Waals surface area (Å²) in [7, 11) is 0. The fraction of sp³-hybridized carbons (Fsp3) is 0.529. The minimum atomic E-state index is -0.234. The van der Waals surface area contributed by atoms with E-state index in [0.717, 1.165) is 12.1 Å². The molecule has 0 spiro atoms. The van der Waals surface area contributed by atoms with E-state index in [9.17, 15) is 9.59 Å². The van der Waals surface area contributed by atoms with E-state index >= 15 is 0 Å². The molecular formula is C17H25N3O3. The minimum Gasteiger partial charge on any atom is -0.379 e. The van der Waals surface area contributed by atoms with Crippen molar-refractivity contribution in [2.75, 3.05) is 24.6 Å². The lowest BCUT2D eigenvalue weighted by Crippen LogP contribution is -2.43. The summed E-state index contributed by atoms with van der Waals surface area (Å²) < 4.78 is 5.41. The number of carbonyl (C=O) groups is 2. The van der Waals surface area contributed by atoms with Gasteiger partial charge < -0.3 is 20.3 Å². The summed E-state index contributed by atoms with van der Waals surface area (Å²) in [5.41, 5.74) is 0.869. The van der Waals surface area contributed by atoms with Gasteiger partial charge in [0.25, 0.3) is 0 Å². The van der Waals surface area contributed by atoms with E-state index in [1.165, 1.54) is 0 Å². The second-order valence-corrected chi connectivity index (χ2v) is 5.91. The third kappa shape index (κ3) is 5.56. The summed E-state index contributed by atoms with van der Waals surface area (Å²) in [5, 5.41) is 5.65. The van der Waals surface area contributed by atoms with E-state index in [-0.39, 0.29) is 24.1 Å². The number of nitrogens with zero attached hydrogens (tertiary/aromatic N) is 1. The molecule has 3 amide bonds. The summed E-state index contributed by atoms with van der Waals surface area (Å²) >= 11 is 0. The van der Waals surface area contributed by atoms with Crippen LogP contribution in [0, 0.1) is 0 Å². The number of hydrogen-bond acceptors (Lipinski definition) is 3. The summed E-state index contributed by atoms with van der Waals surface area (Å²) in [6, 6.07) is 9.11. The molecule has 0 bridgehead atoms. The second-order valence-electron chi connectivity index (χ2n) is 5.91. The maximum Gasteiger partial charge on any atom is 0.315 e. The molecular weight excluding hydrogens is 294 g/mol. The first kappa shape index (κ1) is 17.3. The van der Waals surface area contributed by atoms with E-state index in [0.29, 0.717) is 26.1 Å². The Morgan fingerprint density at radius 2 is 2.09 bits per heavy atom. The molecule has 6 heteroatoms. The number of nitrogens with one attached hydrogen (secondary N) is 2. The molecule has 2 N–H and O–H groups in total. The van der Waals surface area contributed by atoms with Crippen molar-refractivity contribution in [2.45, 2.75) is 38.8 Å². The highest BCUT2D eigenvalue weighted by Crippen LogP contribution is 2.20. The lowest BCUT2D eigenvalue weighted by molar-refractivity contribution is -0.117. The summed E-state index contributed by atoms with van der Waals surface area (Å²) in [6.45, 7) is 5.65. The van der Waals surface area contributed by atoms with Crippen LogP contribution in [0.25, 0.3) is 0 Å². The van der Waals surface area contributed by atoms with Crippen LogP contribution in [-0.2, 0) is 9.53 Å². The molecule has 1 aromatic carbocycles. The SMILES string of the molecule is CC(C)OCCCNC(=O)N[C@@H]1CC(=O)N(c2ccccc2)C1. The molecule has 1 aliphatic heterocycles. The van der Waals surface area contributed by atoms with Gasteiger partial charge in [0.15, 0.2) is 0 Å². The van der Waals surface area contributed by atoms with Crippen molar-refractivity contribution in [1.29, 1.82) is 0 Å². The number of ether oxygens (including phenoxy) is 1. The zero-order valence-corrected chi connectivity index (χ0v) is 13.7. The monoisotopic (exact) mass is 319 g/mol. The normalized spacial score (nSPS) is 17.6. The largest absolute Gasteiger partial charge is 0.379 e. The fourth-order valence-corrected chi connectivity index (χ4v) is 2.49. The van der Waals surface area contributed by atoms with Crippen LogP contribution in [0.15, 0.2) is 30.3 Å². The molecule has 0 aromatic heterocycles. The van der Waals surface area contributed by atoms with Crippen LogP contribution in [0.1, 0.15) is 26.7 Å². The molecule has 0 aliphatic carbocycles. The van der Waals surface area contributed by atoms with Gasteiger partial charge >= 0.3 is 6.03 Å². The van der Waals surface area contributed by atoms with E-state index in [2.05, 4.69) is 10.6 Å². The lowest BCUT2D eigenvalue weighted by Gasteiger charge is -2.17.